The third-order valence-corrected chi connectivity index (χ3v) is 7.89. The number of hydrogen-bond acceptors (Lipinski definition) is 9. The normalized spacial score (nSPS) is 11.7. The van der Waals surface area contributed by atoms with E-state index in [2.05, 4.69) is 52.2 Å². The average molecular weight is 544 g/mol. The summed E-state index contributed by atoms with van der Waals surface area (Å²) in [6.07, 6.45) is 3.65. The Labute approximate surface area is 230 Å². The van der Waals surface area contributed by atoms with E-state index in [1.807, 2.05) is 31.2 Å². The van der Waals surface area contributed by atoms with E-state index in [1.54, 1.807) is 24.3 Å². The fourth-order valence-electron chi connectivity index (χ4n) is 3.78. The summed E-state index contributed by atoms with van der Waals surface area (Å²) >= 11 is 2.96. The Morgan fingerprint density at radius 1 is 1.03 bits per heavy atom. The number of azo groups is 1. The SMILES string of the molecule is CCCCOC(=O)c1ccc(/C(C#N)=C/c2cc3sc(/N=N/c4ccc(N(CC)CC)cc4)nc3s2)cc1. The van der Waals surface area contributed by atoms with Gasteiger partial charge < -0.3 is 9.64 Å². The lowest BCUT2D eigenvalue weighted by Gasteiger charge is -2.20. The maximum Gasteiger partial charge on any atom is 0.338 e. The molecule has 2 aromatic carbocycles. The molecule has 0 fully saturated rings. The summed E-state index contributed by atoms with van der Waals surface area (Å²) in [5.74, 6) is -0.346. The molecule has 38 heavy (non-hydrogen) atoms. The molecule has 0 saturated heterocycles. The van der Waals surface area contributed by atoms with Crippen LogP contribution in [0, 0.1) is 11.3 Å². The van der Waals surface area contributed by atoms with Gasteiger partial charge in [-0.25, -0.2) is 9.78 Å². The predicted molar refractivity (Wildman–Crippen MR) is 157 cm³/mol. The van der Waals surface area contributed by atoms with Crippen molar-refractivity contribution < 1.29 is 9.53 Å². The van der Waals surface area contributed by atoms with E-state index in [0.717, 1.165) is 51.6 Å². The molecule has 194 valence electrons. The minimum Gasteiger partial charge on any atom is -0.462 e. The molecule has 0 saturated carbocycles. The van der Waals surface area contributed by atoms with Crippen molar-refractivity contribution in [3.63, 3.8) is 0 Å². The van der Waals surface area contributed by atoms with E-state index in [1.165, 1.54) is 28.4 Å². The van der Waals surface area contributed by atoms with Crippen molar-refractivity contribution in [1.29, 1.82) is 5.26 Å². The molecule has 0 aliphatic heterocycles. The number of carbonyl (C=O) groups is 1. The molecule has 4 rings (SSSR count). The second-order valence-electron chi connectivity index (χ2n) is 8.44. The molecular weight excluding hydrogens is 514 g/mol. The maximum absolute atomic E-state index is 12.1. The first kappa shape index (κ1) is 27.2. The number of benzene rings is 2. The van der Waals surface area contributed by atoms with E-state index in [-0.39, 0.29) is 5.97 Å². The summed E-state index contributed by atoms with van der Waals surface area (Å²) < 4.78 is 6.25. The number of allylic oxidation sites excluding steroid dienone is 1. The number of ether oxygens (including phenoxy) is 1. The third-order valence-electron chi connectivity index (χ3n) is 5.90. The Balaban J connectivity index is 1.44. The van der Waals surface area contributed by atoms with Crippen LogP contribution in [0.15, 0.2) is 64.8 Å². The smallest absolute Gasteiger partial charge is 0.338 e. The van der Waals surface area contributed by atoms with Crippen LogP contribution in [0.4, 0.5) is 16.5 Å². The number of nitrogens with zero attached hydrogens (tertiary/aromatic N) is 5. The molecular formula is C29H29N5O2S2. The van der Waals surface area contributed by atoms with Gasteiger partial charge in [-0.2, -0.15) is 5.26 Å². The first-order valence-corrected chi connectivity index (χ1v) is 14.2. The zero-order valence-corrected chi connectivity index (χ0v) is 23.3. The number of thiazole rings is 1. The van der Waals surface area contributed by atoms with Gasteiger partial charge in [-0.05, 0) is 74.4 Å². The van der Waals surface area contributed by atoms with Crippen LogP contribution in [-0.2, 0) is 4.74 Å². The Hall–Kier alpha value is -3.87. The van der Waals surface area contributed by atoms with E-state index in [4.69, 9.17) is 4.74 Å². The monoisotopic (exact) mass is 543 g/mol. The Morgan fingerprint density at radius 3 is 2.37 bits per heavy atom. The molecule has 0 radical (unpaired) electrons. The molecule has 0 aliphatic rings. The second kappa shape index (κ2) is 13.1. The number of aromatic nitrogens is 1. The van der Waals surface area contributed by atoms with Crippen LogP contribution < -0.4 is 4.90 Å². The second-order valence-corrected chi connectivity index (χ2v) is 10.5. The van der Waals surface area contributed by atoms with Gasteiger partial charge >= 0.3 is 5.97 Å². The fraction of sp³-hybridized carbons (Fsp3) is 0.276. The van der Waals surface area contributed by atoms with E-state index < -0.39 is 0 Å². The van der Waals surface area contributed by atoms with Crippen LogP contribution in [-0.4, -0.2) is 30.6 Å². The molecule has 0 atom stereocenters. The molecule has 0 aliphatic carbocycles. The van der Waals surface area contributed by atoms with Gasteiger partial charge in [0.25, 0.3) is 0 Å². The highest BCUT2D eigenvalue weighted by Gasteiger charge is 2.11. The summed E-state index contributed by atoms with van der Waals surface area (Å²) in [5.41, 5.74) is 3.68. The zero-order valence-electron chi connectivity index (χ0n) is 21.7. The van der Waals surface area contributed by atoms with Gasteiger partial charge in [0, 0.05) is 23.7 Å². The number of nitriles is 1. The number of unbranched alkanes of at least 4 members (excludes halogenated alkanes) is 1. The van der Waals surface area contributed by atoms with Crippen molar-refractivity contribution in [2.75, 3.05) is 24.6 Å². The van der Waals surface area contributed by atoms with Gasteiger partial charge in [-0.3, -0.25) is 0 Å². The largest absolute Gasteiger partial charge is 0.462 e. The highest BCUT2D eigenvalue weighted by atomic mass is 32.1. The lowest BCUT2D eigenvalue weighted by molar-refractivity contribution is 0.0499. The first-order chi connectivity index (χ1) is 18.5. The molecule has 9 heteroatoms. The standard InChI is InChI=1S/C29H29N5O2S2/c1-4-7-16-36-28(35)21-10-8-20(9-11-21)22(19-30)17-25-18-26-27(37-25)31-29(38-26)33-32-23-12-14-24(15-13-23)34(5-2)6-3/h8-15,17-18H,4-7,16H2,1-3H3/b22-17+,33-32+. The molecule has 0 amide bonds. The van der Waals surface area contributed by atoms with Gasteiger partial charge in [-0.15, -0.1) is 21.6 Å². The molecule has 4 aromatic rings. The number of thiophene rings is 1. The van der Waals surface area contributed by atoms with Crippen molar-refractivity contribution >= 4 is 66.3 Å². The van der Waals surface area contributed by atoms with Crippen molar-refractivity contribution in [3.8, 4) is 6.07 Å². The molecule has 0 unspecified atom stereocenters. The number of carbonyl (C=O) groups excluding carboxylic acids is 1. The molecule has 0 N–H and O–H groups in total. The number of anilines is 1. The van der Waals surface area contributed by atoms with Gasteiger partial charge in [-0.1, -0.05) is 36.8 Å². The van der Waals surface area contributed by atoms with Gasteiger partial charge in [0.15, 0.2) is 0 Å². The van der Waals surface area contributed by atoms with Crippen molar-refractivity contribution in [1.82, 2.24) is 4.98 Å². The highest BCUT2D eigenvalue weighted by Crippen LogP contribution is 2.36. The van der Waals surface area contributed by atoms with E-state index >= 15 is 0 Å². The fourth-order valence-corrected chi connectivity index (χ4v) is 5.76. The van der Waals surface area contributed by atoms with Crippen LogP contribution in [0.1, 0.15) is 54.4 Å². The molecule has 7 nitrogen and oxygen atoms in total. The summed E-state index contributed by atoms with van der Waals surface area (Å²) in [4.78, 5) is 20.8. The minimum absolute atomic E-state index is 0.346. The zero-order chi connectivity index (χ0) is 26.9. The summed E-state index contributed by atoms with van der Waals surface area (Å²) in [5, 5.41) is 19.0. The van der Waals surface area contributed by atoms with Crippen molar-refractivity contribution in [2.45, 2.75) is 33.6 Å². The number of esters is 1. The Kier molecular flexibility index (Phi) is 9.35. The topological polar surface area (TPSA) is 90.9 Å². The van der Waals surface area contributed by atoms with Crippen molar-refractivity contribution in [3.05, 3.63) is 70.6 Å². The van der Waals surface area contributed by atoms with Crippen LogP contribution in [0.25, 0.3) is 21.2 Å². The Bertz CT molecular complexity index is 1440. The minimum atomic E-state index is -0.346. The van der Waals surface area contributed by atoms with Crippen molar-refractivity contribution in [2.24, 2.45) is 10.2 Å². The van der Waals surface area contributed by atoms with Gasteiger partial charge in [0.2, 0.25) is 5.13 Å². The molecule has 2 heterocycles. The van der Waals surface area contributed by atoms with E-state index in [9.17, 15) is 10.1 Å². The van der Waals surface area contributed by atoms with Crippen LogP contribution in [0.5, 0.6) is 0 Å². The maximum atomic E-state index is 12.1. The predicted octanol–water partition coefficient (Wildman–Crippen LogP) is 8.64. The molecule has 0 bridgehead atoms. The lowest BCUT2D eigenvalue weighted by atomic mass is 10.0. The van der Waals surface area contributed by atoms with Crippen LogP contribution in [0.3, 0.4) is 0 Å². The van der Waals surface area contributed by atoms with Gasteiger partial charge in [0.1, 0.15) is 4.83 Å². The van der Waals surface area contributed by atoms with Gasteiger partial charge in [0.05, 0.1) is 34.2 Å². The first-order valence-electron chi connectivity index (χ1n) is 12.6. The number of fused-ring (bicyclic) bond motifs is 1. The summed E-state index contributed by atoms with van der Waals surface area (Å²) in [7, 11) is 0. The van der Waals surface area contributed by atoms with Crippen LogP contribution >= 0.6 is 22.7 Å². The van der Waals surface area contributed by atoms with E-state index in [0.29, 0.717) is 22.9 Å². The molecule has 0 spiro atoms. The summed E-state index contributed by atoms with van der Waals surface area (Å²) in [6.45, 7) is 8.66. The van der Waals surface area contributed by atoms with Crippen LogP contribution in [0.2, 0.25) is 0 Å². The lowest BCUT2D eigenvalue weighted by Crippen LogP contribution is -2.21. The third kappa shape index (κ3) is 6.71. The Morgan fingerprint density at radius 2 is 1.74 bits per heavy atom. The highest BCUT2D eigenvalue weighted by molar-refractivity contribution is 7.29. The summed E-state index contributed by atoms with van der Waals surface area (Å²) in [6, 6.07) is 19.2. The number of rotatable bonds is 11. The number of hydrogen-bond donors (Lipinski definition) is 0. The quantitative estimate of drug-likeness (QED) is 0.0817. The average Bonchev–Trinajstić information content (AvgIpc) is 3.50. The molecule has 2 aromatic heterocycles.